The maximum atomic E-state index is 12.0. The first kappa shape index (κ1) is 15.5. The summed E-state index contributed by atoms with van der Waals surface area (Å²) in [6.07, 6.45) is 2.41. The molecule has 0 bridgehead atoms. The predicted molar refractivity (Wildman–Crippen MR) is 88.4 cm³/mol. The average Bonchev–Trinajstić information content (AvgIpc) is 2.52. The van der Waals surface area contributed by atoms with Crippen molar-refractivity contribution >= 4 is 16.7 Å². The molecule has 1 amide bonds. The van der Waals surface area contributed by atoms with E-state index in [2.05, 4.69) is 47.8 Å². The van der Waals surface area contributed by atoms with E-state index in [0.717, 1.165) is 25.9 Å². The molecule has 0 aliphatic heterocycles. The van der Waals surface area contributed by atoms with Gasteiger partial charge in [0.25, 0.3) is 0 Å². The standard InChI is InChI=1S/C18H24N2O/c1-19-13-6-11-18(21)20(2)14-12-16-9-5-8-15-7-3-4-10-17(15)16/h3-5,7-10,19H,6,11-14H2,1-2H3. The quantitative estimate of drug-likeness (QED) is 0.793. The van der Waals surface area contributed by atoms with Crippen molar-refractivity contribution in [1.82, 2.24) is 10.2 Å². The lowest BCUT2D eigenvalue weighted by Gasteiger charge is -2.17. The van der Waals surface area contributed by atoms with Crippen LogP contribution in [0.3, 0.4) is 0 Å². The highest BCUT2D eigenvalue weighted by atomic mass is 16.2. The van der Waals surface area contributed by atoms with Crippen LogP contribution in [-0.2, 0) is 11.2 Å². The molecule has 2 aromatic rings. The molecule has 0 atom stereocenters. The van der Waals surface area contributed by atoms with E-state index < -0.39 is 0 Å². The highest BCUT2D eigenvalue weighted by molar-refractivity contribution is 5.85. The Balaban J connectivity index is 1.94. The number of nitrogens with one attached hydrogen (secondary N) is 1. The first-order valence-corrected chi connectivity index (χ1v) is 7.57. The number of fused-ring (bicyclic) bond motifs is 1. The summed E-state index contributed by atoms with van der Waals surface area (Å²) in [5, 5.41) is 5.62. The Morgan fingerprint density at radius 1 is 1.14 bits per heavy atom. The lowest BCUT2D eigenvalue weighted by atomic mass is 10.0. The van der Waals surface area contributed by atoms with Gasteiger partial charge in [-0.2, -0.15) is 0 Å². The molecule has 0 saturated heterocycles. The Bertz CT molecular complexity index is 589. The van der Waals surface area contributed by atoms with Gasteiger partial charge >= 0.3 is 0 Å². The van der Waals surface area contributed by atoms with Crippen LogP contribution < -0.4 is 5.32 Å². The summed E-state index contributed by atoms with van der Waals surface area (Å²) >= 11 is 0. The Labute approximate surface area is 127 Å². The second-order valence-electron chi connectivity index (χ2n) is 5.41. The third-order valence-electron chi connectivity index (χ3n) is 3.84. The molecule has 1 N–H and O–H groups in total. The number of rotatable bonds is 7. The van der Waals surface area contributed by atoms with Gasteiger partial charge in [0.05, 0.1) is 0 Å². The number of amides is 1. The Hall–Kier alpha value is -1.87. The normalized spacial score (nSPS) is 10.8. The smallest absolute Gasteiger partial charge is 0.222 e. The van der Waals surface area contributed by atoms with Crippen LogP contribution in [0.4, 0.5) is 0 Å². The van der Waals surface area contributed by atoms with Gasteiger partial charge in [0.2, 0.25) is 5.91 Å². The van der Waals surface area contributed by atoms with Crippen LogP contribution in [0.15, 0.2) is 42.5 Å². The van der Waals surface area contributed by atoms with Gasteiger partial charge in [-0.15, -0.1) is 0 Å². The van der Waals surface area contributed by atoms with Gasteiger partial charge in [-0.1, -0.05) is 42.5 Å². The van der Waals surface area contributed by atoms with Crippen LogP contribution in [0.1, 0.15) is 18.4 Å². The molecule has 0 saturated carbocycles. The number of carbonyl (C=O) groups is 1. The van der Waals surface area contributed by atoms with Crippen LogP contribution in [0.25, 0.3) is 10.8 Å². The second kappa shape index (κ2) is 7.79. The van der Waals surface area contributed by atoms with Gasteiger partial charge < -0.3 is 10.2 Å². The zero-order valence-corrected chi connectivity index (χ0v) is 12.9. The zero-order chi connectivity index (χ0) is 15.1. The van der Waals surface area contributed by atoms with Crippen molar-refractivity contribution in [2.75, 3.05) is 27.2 Å². The third-order valence-corrected chi connectivity index (χ3v) is 3.84. The molecule has 0 fully saturated rings. The number of carbonyl (C=O) groups excluding carboxylic acids is 1. The van der Waals surface area contributed by atoms with Crippen molar-refractivity contribution in [3.05, 3.63) is 48.0 Å². The minimum atomic E-state index is 0.227. The van der Waals surface area contributed by atoms with E-state index >= 15 is 0 Å². The highest BCUT2D eigenvalue weighted by Crippen LogP contribution is 2.19. The molecule has 0 unspecified atom stereocenters. The van der Waals surface area contributed by atoms with Crippen molar-refractivity contribution in [2.45, 2.75) is 19.3 Å². The molecule has 0 aliphatic carbocycles. The predicted octanol–water partition coefficient (Wildman–Crippen LogP) is 2.84. The van der Waals surface area contributed by atoms with Crippen molar-refractivity contribution in [3.63, 3.8) is 0 Å². The van der Waals surface area contributed by atoms with Gasteiger partial charge in [-0.05, 0) is 42.8 Å². The molecule has 0 aliphatic rings. The van der Waals surface area contributed by atoms with E-state index in [9.17, 15) is 4.79 Å². The van der Waals surface area contributed by atoms with Crippen LogP contribution >= 0.6 is 0 Å². The molecule has 112 valence electrons. The largest absolute Gasteiger partial charge is 0.345 e. The summed E-state index contributed by atoms with van der Waals surface area (Å²) in [5.74, 6) is 0.227. The number of benzene rings is 2. The Morgan fingerprint density at radius 3 is 2.71 bits per heavy atom. The average molecular weight is 284 g/mol. The van der Waals surface area contributed by atoms with E-state index in [0.29, 0.717) is 6.42 Å². The lowest BCUT2D eigenvalue weighted by Crippen LogP contribution is -2.29. The highest BCUT2D eigenvalue weighted by Gasteiger charge is 2.09. The summed E-state index contributed by atoms with van der Waals surface area (Å²) in [6.45, 7) is 1.66. The van der Waals surface area contributed by atoms with Gasteiger partial charge in [0.1, 0.15) is 0 Å². The fourth-order valence-corrected chi connectivity index (χ4v) is 2.53. The number of hydrogen-bond donors (Lipinski definition) is 1. The maximum absolute atomic E-state index is 12.0. The fraction of sp³-hybridized carbons (Fsp3) is 0.389. The van der Waals surface area contributed by atoms with Crippen molar-refractivity contribution < 1.29 is 4.79 Å². The number of hydrogen-bond acceptors (Lipinski definition) is 2. The molecule has 3 heteroatoms. The molecule has 21 heavy (non-hydrogen) atoms. The molecule has 0 aromatic heterocycles. The molecular formula is C18H24N2O. The van der Waals surface area contributed by atoms with Crippen molar-refractivity contribution in [2.24, 2.45) is 0 Å². The van der Waals surface area contributed by atoms with Gasteiger partial charge in [-0.25, -0.2) is 0 Å². The molecular weight excluding hydrogens is 260 g/mol. The molecule has 2 aromatic carbocycles. The van der Waals surface area contributed by atoms with E-state index in [-0.39, 0.29) is 5.91 Å². The summed E-state index contributed by atoms with van der Waals surface area (Å²) in [5.41, 5.74) is 1.31. The van der Waals surface area contributed by atoms with Gasteiger partial charge in [0.15, 0.2) is 0 Å². The van der Waals surface area contributed by atoms with Gasteiger partial charge in [0, 0.05) is 20.0 Å². The maximum Gasteiger partial charge on any atom is 0.222 e. The first-order chi connectivity index (χ1) is 10.2. The Kier molecular flexibility index (Phi) is 5.76. The van der Waals surface area contributed by atoms with Gasteiger partial charge in [-0.3, -0.25) is 4.79 Å². The van der Waals surface area contributed by atoms with Crippen LogP contribution in [-0.4, -0.2) is 38.0 Å². The van der Waals surface area contributed by atoms with Crippen molar-refractivity contribution in [3.8, 4) is 0 Å². The Morgan fingerprint density at radius 2 is 1.90 bits per heavy atom. The van der Waals surface area contributed by atoms with Crippen molar-refractivity contribution in [1.29, 1.82) is 0 Å². The molecule has 2 rings (SSSR count). The summed E-state index contributed by atoms with van der Waals surface area (Å²) < 4.78 is 0. The minimum Gasteiger partial charge on any atom is -0.345 e. The molecule has 0 spiro atoms. The summed E-state index contributed by atoms with van der Waals surface area (Å²) in [7, 11) is 3.81. The third kappa shape index (κ3) is 4.30. The number of nitrogens with zero attached hydrogens (tertiary/aromatic N) is 1. The zero-order valence-electron chi connectivity index (χ0n) is 12.9. The molecule has 3 nitrogen and oxygen atoms in total. The monoisotopic (exact) mass is 284 g/mol. The fourth-order valence-electron chi connectivity index (χ4n) is 2.53. The van der Waals surface area contributed by atoms with Crippen LogP contribution in [0.5, 0.6) is 0 Å². The first-order valence-electron chi connectivity index (χ1n) is 7.57. The van der Waals surface area contributed by atoms with E-state index in [1.54, 1.807) is 0 Å². The van der Waals surface area contributed by atoms with Crippen LogP contribution in [0, 0.1) is 0 Å². The van der Waals surface area contributed by atoms with E-state index in [4.69, 9.17) is 0 Å². The molecule has 0 radical (unpaired) electrons. The molecule has 0 heterocycles. The summed E-state index contributed by atoms with van der Waals surface area (Å²) in [4.78, 5) is 13.8. The van der Waals surface area contributed by atoms with Crippen LogP contribution in [0.2, 0.25) is 0 Å². The topological polar surface area (TPSA) is 32.3 Å². The summed E-state index contributed by atoms with van der Waals surface area (Å²) in [6, 6.07) is 14.8. The van der Waals surface area contributed by atoms with E-state index in [1.807, 2.05) is 19.0 Å². The lowest BCUT2D eigenvalue weighted by molar-refractivity contribution is -0.129. The second-order valence-corrected chi connectivity index (χ2v) is 5.41. The minimum absolute atomic E-state index is 0.227. The number of likely N-dealkylation sites (N-methyl/N-ethyl adjacent to an activating group) is 1. The van der Waals surface area contributed by atoms with E-state index in [1.165, 1.54) is 16.3 Å². The SMILES string of the molecule is CNCCCC(=O)N(C)CCc1cccc2ccccc12.